The van der Waals surface area contributed by atoms with Gasteiger partial charge in [0.1, 0.15) is 0 Å². The van der Waals surface area contributed by atoms with Crippen molar-refractivity contribution in [3.8, 4) is 0 Å². The summed E-state index contributed by atoms with van der Waals surface area (Å²) in [5.74, 6) is 0. The van der Waals surface area contributed by atoms with E-state index in [9.17, 15) is 9.90 Å². The lowest BCUT2D eigenvalue weighted by Gasteiger charge is -2.17. The summed E-state index contributed by atoms with van der Waals surface area (Å²) in [6, 6.07) is 3.40. The summed E-state index contributed by atoms with van der Waals surface area (Å²) >= 11 is 12.2. The number of halogens is 2. The van der Waals surface area contributed by atoms with E-state index in [-0.39, 0.29) is 28.4 Å². The predicted octanol–water partition coefficient (Wildman–Crippen LogP) is 3.59. The first-order chi connectivity index (χ1) is 9.85. The van der Waals surface area contributed by atoms with Gasteiger partial charge in [-0.05, 0) is 24.6 Å². The van der Waals surface area contributed by atoms with Crippen molar-refractivity contribution in [1.82, 2.24) is 5.32 Å². The molecular weight excluding hydrogens is 315 g/mol. The Morgan fingerprint density at radius 3 is 2.38 bits per heavy atom. The Balaban J connectivity index is 2.86. The van der Waals surface area contributed by atoms with E-state index in [0.717, 1.165) is 0 Å². The third-order valence-electron chi connectivity index (χ3n) is 2.67. The van der Waals surface area contributed by atoms with Crippen LogP contribution in [0.1, 0.15) is 32.4 Å². The van der Waals surface area contributed by atoms with Crippen molar-refractivity contribution < 1.29 is 14.6 Å². The number of anilines is 1. The molecule has 0 radical (unpaired) electrons. The zero-order valence-electron chi connectivity index (χ0n) is 12.2. The third kappa shape index (κ3) is 5.71. The average molecular weight is 335 g/mol. The predicted molar refractivity (Wildman–Crippen MR) is 85.2 cm³/mol. The van der Waals surface area contributed by atoms with Crippen LogP contribution in [0.4, 0.5) is 10.5 Å². The minimum absolute atomic E-state index is 0.245. The van der Waals surface area contributed by atoms with Gasteiger partial charge in [0.15, 0.2) is 0 Å². The summed E-state index contributed by atoms with van der Waals surface area (Å²) < 4.78 is 4.77. The van der Waals surface area contributed by atoms with Crippen LogP contribution in [0.5, 0.6) is 0 Å². The molecule has 0 aliphatic rings. The Morgan fingerprint density at radius 2 is 1.90 bits per heavy atom. The van der Waals surface area contributed by atoms with Gasteiger partial charge in [-0.1, -0.05) is 37.0 Å². The van der Waals surface area contributed by atoms with Gasteiger partial charge in [0, 0.05) is 12.6 Å². The summed E-state index contributed by atoms with van der Waals surface area (Å²) in [5, 5.41) is 16.2. The number of benzene rings is 1. The largest absolute Gasteiger partial charge is 0.450 e. The Labute approximate surface area is 134 Å². The molecule has 0 aromatic heterocycles. The van der Waals surface area contributed by atoms with Crippen molar-refractivity contribution in [1.29, 1.82) is 0 Å². The van der Waals surface area contributed by atoms with Gasteiger partial charge in [-0.2, -0.15) is 0 Å². The molecule has 1 aromatic carbocycles. The van der Waals surface area contributed by atoms with Crippen molar-refractivity contribution in [3.05, 3.63) is 27.7 Å². The zero-order valence-corrected chi connectivity index (χ0v) is 13.8. The zero-order chi connectivity index (χ0) is 16.0. The Bertz CT molecular complexity index is 472. The monoisotopic (exact) mass is 334 g/mol. The number of hydrogen-bond donors (Lipinski definition) is 3. The third-order valence-corrected chi connectivity index (χ3v) is 3.27. The molecule has 0 heterocycles. The smallest absolute Gasteiger partial charge is 0.411 e. The molecule has 0 fully saturated rings. The van der Waals surface area contributed by atoms with E-state index in [1.165, 1.54) is 0 Å². The van der Waals surface area contributed by atoms with Crippen LogP contribution >= 0.6 is 23.2 Å². The van der Waals surface area contributed by atoms with Crippen LogP contribution in [0.2, 0.25) is 10.0 Å². The number of ether oxygens (including phenoxy) is 1. The molecule has 1 aromatic rings. The van der Waals surface area contributed by atoms with Crippen LogP contribution in [-0.4, -0.2) is 30.4 Å². The maximum Gasteiger partial charge on any atom is 0.411 e. The summed E-state index contributed by atoms with van der Waals surface area (Å²) in [5.41, 5.74) is 0.845. The van der Waals surface area contributed by atoms with Crippen molar-refractivity contribution in [2.75, 3.05) is 18.5 Å². The fourth-order valence-electron chi connectivity index (χ4n) is 1.64. The Hall–Kier alpha value is -1.01. The van der Waals surface area contributed by atoms with Gasteiger partial charge in [-0.3, -0.25) is 5.32 Å². The minimum atomic E-state index is -0.737. The van der Waals surface area contributed by atoms with E-state index in [2.05, 4.69) is 10.6 Å². The molecule has 0 saturated heterocycles. The molecule has 1 amide bonds. The molecule has 5 nitrogen and oxygen atoms in total. The van der Waals surface area contributed by atoms with E-state index in [0.29, 0.717) is 12.1 Å². The number of rotatable bonds is 6. The molecule has 0 aliphatic carbocycles. The van der Waals surface area contributed by atoms with Crippen molar-refractivity contribution in [2.45, 2.75) is 32.9 Å². The Kier molecular flexibility index (Phi) is 7.25. The highest BCUT2D eigenvalue weighted by Gasteiger charge is 2.16. The molecule has 1 atom stereocenters. The van der Waals surface area contributed by atoms with Crippen LogP contribution in [0.25, 0.3) is 0 Å². The van der Waals surface area contributed by atoms with Crippen molar-refractivity contribution in [2.24, 2.45) is 0 Å². The van der Waals surface area contributed by atoms with E-state index in [1.54, 1.807) is 19.1 Å². The summed E-state index contributed by atoms with van der Waals surface area (Å²) in [7, 11) is 0. The van der Waals surface area contributed by atoms with Gasteiger partial charge < -0.3 is 15.2 Å². The lowest BCUT2D eigenvalue weighted by molar-refractivity contribution is 0.168. The number of hydrogen-bond acceptors (Lipinski definition) is 4. The molecule has 0 bridgehead atoms. The average Bonchev–Trinajstić information content (AvgIpc) is 2.40. The molecule has 1 rings (SSSR count). The maximum atomic E-state index is 11.4. The fraction of sp³-hybridized carbons (Fsp3) is 0.500. The van der Waals surface area contributed by atoms with Crippen LogP contribution in [0, 0.1) is 0 Å². The Morgan fingerprint density at radius 1 is 1.33 bits per heavy atom. The van der Waals surface area contributed by atoms with Gasteiger partial charge in [0.25, 0.3) is 0 Å². The molecule has 21 heavy (non-hydrogen) atoms. The second-order valence-electron chi connectivity index (χ2n) is 4.78. The van der Waals surface area contributed by atoms with Crippen molar-refractivity contribution >= 4 is 35.0 Å². The first-order valence-corrected chi connectivity index (χ1v) is 7.44. The molecule has 0 aliphatic heterocycles. The van der Waals surface area contributed by atoms with E-state index in [1.807, 2.05) is 13.8 Å². The molecule has 3 N–H and O–H groups in total. The highest BCUT2D eigenvalue weighted by molar-refractivity contribution is 6.39. The second kappa shape index (κ2) is 8.44. The lowest BCUT2D eigenvalue weighted by atomic mass is 10.1. The highest BCUT2D eigenvalue weighted by atomic mass is 35.5. The van der Waals surface area contributed by atoms with Gasteiger partial charge in [-0.15, -0.1) is 0 Å². The fourth-order valence-corrected chi connectivity index (χ4v) is 2.24. The standard InChI is InChI=1S/C14H20Cl2N2O3/c1-4-21-14(20)18-13-10(15)5-9(6-11(13)16)12(19)7-17-8(2)3/h5-6,8,12,17,19H,4,7H2,1-3H3,(H,18,20). The maximum absolute atomic E-state index is 11.4. The summed E-state index contributed by atoms with van der Waals surface area (Å²) in [6.45, 7) is 6.30. The van der Waals surface area contributed by atoms with E-state index >= 15 is 0 Å². The molecule has 118 valence electrons. The minimum Gasteiger partial charge on any atom is -0.450 e. The SMILES string of the molecule is CCOC(=O)Nc1c(Cl)cc(C(O)CNC(C)C)cc1Cl. The topological polar surface area (TPSA) is 70.6 Å². The number of carbonyl (C=O) groups is 1. The number of nitrogens with one attached hydrogen (secondary N) is 2. The van der Waals surface area contributed by atoms with Gasteiger partial charge in [0.2, 0.25) is 0 Å². The molecular formula is C14H20Cl2N2O3. The van der Waals surface area contributed by atoms with Gasteiger partial charge in [-0.25, -0.2) is 4.79 Å². The molecule has 0 spiro atoms. The second-order valence-corrected chi connectivity index (χ2v) is 5.60. The summed E-state index contributed by atoms with van der Waals surface area (Å²) in [4.78, 5) is 11.4. The number of amides is 1. The molecule has 1 unspecified atom stereocenters. The summed E-state index contributed by atoms with van der Waals surface area (Å²) in [6.07, 6.45) is -1.37. The molecule has 7 heteroatoms. The normalized spacial score (nSPS) is 12.3. The number of aliphatic hydroxyl groups excluding tert-OH is 1. The first kappa shape index (κ1) is 18.0. The van der Waals surface area contributed by atoms with Gasteiger partial charge >= 0.3 is 6.09 Å². The van der Waals surface area contributed by atoms with Crippen LogP contribution in [-0.2, 0) is 4.74 Å². The quantitative estimate of drug-likeness (QED) is 0.743. The van der Waals surface area contributed by atoms with Crippen LogP contribution in [0.15, 0.2) is 12.1 Å². The van der Waals surface area contributed by atoms with Crippen molar-refractivity contribution in [3.63, 3.8) is 0 Å². The number of aliphatic hydroxyl groups is 1. The van der Waals surface area contributed by atoms with Gasteiger partial charge in [0.05, 0.1) is 28.4 Å². The number of carbonyl (C=O) groups excluding carboxylic acids is 1. The highest BCUT2D eigenvalue weighted by Crippen LogP contribution is 2.33. The molecule has 0 saturated carbocycles. The first-order valence-electron chi connectivity index (χ1n) is 6.69. The van der Waals surface area contributed by atoms with E-state index < -0.39 is 12.2 Å². The van der Waals surface area contributed by atoms with E-state index in [4.69, 9.17) is 27.9 Å². The van der Waals surface area contributed by atoms with Crippen LogP contribution in [0.3, 0.4) is 0 Å². The van der Waals surface area contributed by atoms with Crippen LogP contribution < -0.4 is 10.6 Å². The lowest BCUT2D eigenvalue weighted by Crippen LogP contribution is -2.27.